The van der Waals surface area contributed by atoms with Crippen LogP contribution in [0.5, 0.6) is 0 Å². The number of aliphatic imine (C=N–C) groups is 3. The Morgan fingerprint density at radius 3 is 1.37 bits per heavy atom. The Balaban J connectivity index is 2.37. The minimum Gasteiger partial charge on any atom is -0.211 e. The highest BCUT2D eigenvalue weighted by Gasteiger charge is 2.58. The molecule has 4 aromatic carbocycles. The van der Waals surface area contributed by atoms with Crippen molar-refractivity contribution in [2.24, 2.45) is 15.0 Å². The second-order valence-electron chi connectivity index (χ2n) is 7.65. The lowest BCUT2D eigenvalue weighted by Gasteiger charge is -2.46. The molecule has 0 saturated carbocycles. The lowest BCUT2D eigenvalue weighted by Crippen LogP contribution is -2.49. The molecule has 0 atom stereocenters. The molecule has 168 valence electrons. The van der Waals surface area contributed by atoms with Gasteiger partial charge in [0, 0.05) is 5.56 Å². The van der Waals surface area contributed by atoms with Crippen LogP contribution in [-0.4, -0.2) is 18.2 Å². The molecule has 0 spiro atoms. The van der Waals surface area contributed by atoms with Gasteiger partial charge in [0.15, 0.2) is 0 Å². The van der Waals surface area contributed by atoms with E-state index in [1.54, 1.807) is 72.8 Å². The molecule has 0 bridgehead atoms. The summed E-state index contributed by atoms with van der Waals surface area (Å²) in [6, 6.07) is 34.2. The standard InChI is InChI=1S/C29H19N3O3/c33-20-30-27-19-11-10-18-26(27)28(23-12-4-1-5-13-23,24-14-6-2-7-15-24)29(31-21-34,32-22-35)25-16-8-3-9-17-25/h1-19H. The summed E-state index contributed by atoms with van der Waals surface area (Å²) in [5.74, 6) is 0. The van der Waals surface area contributed by atoms with Crippen LogP contribution >= 0.6 is 0 Å². The van der Waals surface area contributed by atoms with Crippen molar-refractivity contribution in [1.29, 1.82) is 0 Å². The Kier molecular flexibility index (Phi) is 6.83. The predicted molar refractivity (Wildman–Crippen MR) is 131 cm³/mol. The number of benzene rings is 4. The molecule has 6 heteroatoms. The van der Waals surface area contributed by atoms with E-state index in [1.165, 1.54) is 0 Å². The maximum atomic E-state index is 12.1. The molecule has 0 fully saturated rings. The molecule has 0 aliphatic carbocycles. The molecule has 35 heavy (non-hydrogen) atoms. The third-order valence-electron chi connectivity index (χ3n) is 6.00. The van der Waals surface area contributed by atoms with Crippen molar-refractivity contribution in [2.75, 3.05) is 0 Å². The number of rotatable bonds is 8. The molecule has 6 nitrogen and oxygen atoms in total. The smallest absolute Gasteiger partial charge is 0.211 e. The lowest BCUT2D eigenvalue weighted by atomic mass is 9.59. The first-order chi connectivity index (χ1) is 17.2. The topological polar surface area (TPSA) is 88.3 Å². The van der Waals surface area contributed by atoms with E-state index < -0.39 is 11.1 Å². The fraction of sp³-hybridized carbons (Fsp3) is 0.0690. The van der Waals surface area contributed by atoms with E-state index >= 15 is 0 Å². The van der Waals surface area contributed by atoms with Crippen molar-refractivity contribution < 1.29 is 14.4 Å². The summed E-state index contributed by atoms with van der Waals surface area (Å²) in [6.07, 6.45) is 4.92. The average Bonchev–Trinajstić information content (AvgIpc) is 2.92. The Morgan fingerprint density at radius 1 is 0.486 bits per heavy atom. The molecule has 0 radical (unpaired) electrons. The number of nitrogens with zero attached hydrogens (tertiary/aromatic N) is 3. The molecule has 0 amide bonds. The van der Waals surface area contributed by atoms with Crippen molar-refractivity contribution in [3.63, 3.8) is 0 Å². The van der Waals surface area contributed by atoms with Gasteiger partial charge in [0.1, 0.15) is 0 Å². The third kappa shape index (κ3) is 3.87. The second kappa shape index (κ2) is 10.3. The first-order valence-corrected chi connectivity index (χ1v) is 10.8. The van der Waals surface area contributed by atoms with Gasteiger partial charge in [-0.05, 0) is 22.8 Å². The van der Waals surface area contributed by atoms with Crippen LogP contribution in [0, 0.1) is 0 Å². The van der Waals surface area contributed by atoms with Gasteiger partial charge in [-0.3, -0.25) is 0 Å². The van der Waals surface area contributed by atoms with E-state index in [1.807, 2.05) is 60.7 Å². The fourth-order valence-electron chi connectivity index (χ4n) is 4.72. The van der Waals surface area contributed by atoms with Crippen molar-refractivity contribution in [2.45, 2.75) is 11.1 Å². The lowest BCUT2D eigenvalue weighted by molar-refractivity contribution is 0.320. The SMILES string of the molecule is O=C=Nc1ccccc1C(c1ccccc1)(c1ccccc1)C(N=C=O)(N=C=O)c1ccccc1. The van der Waals surface area contributed by atoms with E-state index in [4.69, 9.17) is 0 Å². The molecule has 0 aliphatic heterocycles. The minimum atomic E-state index is -1.88. The molecule has 4 aromatic rings. The van der Waals surface area contributed by atoms with Crippen LogP contribution in [-0.2, 0) is 25.5 Å². The summed E-state index contributed by atoms with van der Waals surface area (Å²) in [5, 5.41) is 0. The first kappa shape index (κ1) is 23.2. The molecule has 0 unspecified atom stereocenters. The molecular weight excluding hydrogens is 438 g/mol. The first-order valence-electron chi connectivity index (χ1n) is 10.8. The van der Waals surface area contributed by atoms with Crippen molar-refractivity contribution in [3.05, 3.63) is 138 Å². The molecule has 0 heterocycles. The van der Waals surface area contributed by atoms with Crippen LogP contribution in [0.3, 0.4) is 0 Å². The normalized spacial score (nSPS) is 12.2. The number of isocyanates is 3. The molecule has 0 saturated heterocycles. The van der Waals surface area contributed by atoms with Crippen LogP contribution in [0.1, 0.15) is 22.3 Å². The molecule has 0 N–H and O–H groups in total. The number of para-hydroxylation sites is 1. The molecule has 0 aliphatic rings. The van der Waals surface area contributed by atoms with Crippen LogP contribution in [0.4, 0.5) is 5.69 Å². The minimum absolute atomic E-state index is 0.290. The van der Waals surface area contributed by atoms with Crippen LogP contribution in [0.2, 0.25) is 0 Å². The van der Waals surface area contributed by atoms with Gasteiger partial charge in [0.25, 0.3) is 0 Å². The fourth-order valence-corrected chi connectivity index (χ4v) is 4.72. The molecule has 4 rings (SSSR count). The van der Waals surface area contributed by atoms with Gasteiger partial charge in [-0.25, -0.2) is 14.4 Å². The van der Waals surface area contributed by atoms with Gasteiger partial charge in [0.05, 0.1) is 11.1 Å². The zero-order chi connectivity index (χ0) is 24.6. The third-order valence-corrected chi connectivity index (χ3v) is 6.00. The summed E-state index contributed by atoms with van der Waals surface area (Å²) >= 11 is 0. The average molecular weight is 457 g/mol. The summed E-state index contributed by atoms with van der Waals surface area (Å²) in [5.41, 5.74) is -0.787. The highest BCUT2D eigenvalue weighted by Crippen LogP contribution is 2.56. The maximum Gasteiger partial charge on any atom is 0.240 e. The van der Waals surface area contributed by atoms with E-state index in [9.17, 15) is 14.4 Å². The van der Waals surface area contributed by atoms with Gasteiger partial charge in [0.2, 0.25) is 23.9 Å². The maximum absolute atomic E-state index is 12.1. The number of hydrogen-bond donors (Lipinski definition) is 0. The van der Waals surface area contributed by atoms with Gasteiger partial charge in [-0.2, -0.15) is 15.0 Å². The Labute approximate surface area is 202 Å². The van der Waals surface area contributed by atoms with E-state index in [-0.39, 0.29) is 5.69 Å². The molecular formula is C29H19N3O3. The van der Waals surface area contributed by atoms with E-state index in [0.29, 0.717) is 22.3 Å². The quantitative estimate of drug-likeness (QED) is 0.198. The highest BCUT2D eigenvalue weighted by atomic mass is 16.1. The Hall–Kier alpha value is -4.98. The number of hydrogen-bond acceptors (Lipinski definition) is 6. The van der Waals surface area contributed by atoms with E-state index in [2.05, 4.69) is 15.0 Å². The Bertz CT molecular complexity index is 1390. The monoisotopic (exact) mass is 457 g/mol. The van der Waals surface area contributed by atoms with Crippen molar-refractivity contribution in [1.82, 2.24) is 0 Å². The van der Waals surface area contributed by atoms with Crippen molar-refractivity contribution in [3.8, 4) is 0 Å². The Morgan fingerprint density at radius 2 is 0.914 bits per heavy atom. The zero-order valence-corrected chi connectivity index (χ0v) is 18.5. The highest BCUT2D eigenvalue weighted by molar-refractivity contribution is 5.67. The number of carbonyl (C=O) groups excluding carboxylic acids is 3. The van der Waals surface area contributed by atoms with Gasteiger partial charge in [-0.1, -0.05) is 109 Å². The second-order valence-corrected chi connectivity index (χ2v) is 7.65. The zero-order valence-electron chi connectivity index (χ0n) is 18.5. The van der Waals surface area contributed by atoms with Crippen molar-refractivity contribution >= 4 is 23.9 Å². The van der Waals surface area contributed by atoms with Crippen LogP contribution in [0.25, 0.3) is 0 Å². The molecule has 0 aromatic heterocycles. The van der Waals surface area contributed by atoms with Gasteiger partial charge < -0.3 is 0 Å². The van der Waals surface area contributed by atoms with E-state index in [0.717, 1.165) is 0 Å². The largest absolute Gasteiger partial charge is 0.240 e. The summed E-state index contributed by atoms with van der Waals surface area (Å²) in [7, 11) is 0. The predicted octanol–water partition coefficient (Wildman–Crippen LogP) is 5.51. The summed E-state index contributed by atoms with van der Waals surface area (Å²) in [6.45, 7) is 0. The van der Waals surface area contributed by atoms with Crippen LogP contribution in [0.15, 0.2) is 130 Å². The van der Waals surface area contributed by atoms with Crippen LogP contribution < -0.4 is 0 Å². The summed E-state index contributed by atoms with van der Waals surface area (Å²) < 4.78 is 0. The van der Waals surface area contributed by atoms with Gasteiger partial charge in [-0.15, -0.1) is 0 Å². The summed E-state index contributed by atoms with van der Waals surface area (Å²) in [4.78, 5) is 48.0. The van der Waals surface area contributed by atoms with Gasteiger partial charge >= 0.3 is 0 Å².